The standard InChI is InChI=1S/C19H14BrN5O3/c20-13-5-1-11(2-6-13)9-15-19(27)28-18(24-15)12-3-7-14(8-4-12)23-17(26)16-21-10-22-25-16/h1-10,18,24H,(H,23,26)(H,21,22,25)/b15-9+/t18-/m1/s1. The SMILES string of the molecule is O=C1O[C@H](c2ccc(NC(=O)c3ncn[nH]3)cc2)N/C1=C/c1ccc(Br)cc1. The number of H-pyrrole nitrogens is 1. The summed E-state index contributed by atoms with van der Waals surface area (Å²) in [5.74, 6) is -0.691. The van der Waals surface area contributed by atoms with Crippen molar-refractivity contribution in [3.63, 3.8) is 0 Å². The molecule has 140 valence electrons. The Morgan fingerprint density at radius 1 is 1.14 bits per heavy atom. The van der Waals surface area contributed by atoms with Crippen LogP contribution in [0, 0.1) is 0 Å². The Hall–Kier alpha value is -3.46. The minimum absolute atomic E-state index is 0.123. The first-order valence-corrected chi connectivity index (χ1v) is 9.09. The molecule has 1 aromatic heterocycles. The van der Waals surface area contributed by atoms with Crippen molar-refractivity contribution in [1.82, 2.24) is 20.5 Å². The Balaban J connectivity index is 1.44. The van der Waals surface area contributed by atoms with Gasteiger partial charge in [0.2, 0.25) is 5.82 Å². The Bertz CT molecular complexity index is 1030. The highest BCUT2D eigenvalue weighted by molar-refractivity contribution is 9.10. The lowest BCUT2D eigenvalue weighted by molar-refractivity contribution is -0.139. The number of benzene rings is 2. The first-order valence-electron chi connectivity index (χ1n) is 8.30. The maximum Gasteiger partial charge on any atom is 0.356 e. The number of hydrogen-bond acceptors (Lipinski definition) is 6. The van der Waals surface area contributed by atoms with Crippen LogP contribution in [0.3, 0.4) is 0 Å². The minimum Gasteiger partial charge on any atom is -0.433 e. The van der Waals surface area contributed by atoms with Crippen molar-refractivity contribution in [2.24, 2.45) is 0 Å². The number of aromatic nitrogens is 3. The average molecular weight is 440 g/mol. The van der Waals surface area contributed by atoms with E-state index in [0.717, 1.165) is 15.6 Å². The monoisotopic (exact) mass is 439 g/mol. The zero-order valence-electron chi connectivity index (χ0n) is 14.3. The van der Waals surface area contributed by atoms with Gasteiger partial charge >= 0.3 is 5.97 Å². The Morgan fingerprint density at radius 3 is 2.57 bits per heavy atom. The van der Waals surface area contributed by atoms with E-state index in [1.54, 1.807) is 30.3 Å². The van der Waals surface area contributed by atoms with Gasteiger partial charge in [0.1, 0.15) is 12.0 Å². The summed E-state index contributed by atoms with van der Waals surface area (Å²) in [7, 11) is 0. The van der Waals surface area contributed by atoms with Gasteiger partial charge in [-0.2, -0.15) is 5.10 Å². The van der Waals surface area contributed by atoms with Gasteiger partial charge in [0.05, 0.1) is 0 Å². The molecule has 0 aliphatic carbocycles. The Morgan fingerprint density at radius 2 is 1.89 bits per heavy atom. The van der Waals surface area contributed by atoms with Crippen LogP contribution in [0.2, 0.25) is 0 Å². The molecule has 3 aromatic rings. The normalized spacial score (nSPS) is 17.2. The molecule has 1 aliphatic heterocycles. The number of cyclic esters (lactones) is 1. The largest absolute Gasteiger partial charge is 0.433 e. The van der Waals surface area contributed by atoms with Gasteiger partial charge in [0.25, 0.3) is 5.91 Å². The molecule has 1 fully saturated rings. The van der Waals surface area contributed by atoms with Crippen molar-refractivity contribution < 1.29 is 14.3 Å². The van der Waals surface area contributed by atoms with Crippen LogP contribution in [-0.2, 0) is 9.53 Å². The smallest absolute Gasteiger partial charge is 0.356 e. The second-order valence-corrected chi connectivity index (χ2v) is 6.87. The predicted molar refractivity (Wildman–Crippen MR) is 105 cm³/mol. The van der Waals surface area contributed by atoms with Crippen molar-refractivity contribution in [3.05, 3.63) is 82.0 Å². The number of nitrogens with one attached hydrogen (secondary N) is 3. The number of ether oxygens (including phenoxy) is 1. The molecular formula is C19H14BrN5O3. The van der Waals surface area contributed by atoms with Crippen LogP contribution in [0.15, 0.2) is 65.0 Å². The molecule has 0 spiro atoms. The van der Waals surface area contributed by atoms with E-state index in [1.165, 1.54) is 6.33 Å². The van der Waals surface area contributed by atoms with Crippen LogP contribution in [0.5, 0.6) is 0 Å². The van der Waals surface area contributed by atoms with Crippen LogP contribution >= 0.6 is 15.9 Å². The third-order valence-electron chi connectivity index (χ3n) is 4.01. The molecule has 2 heterocycles. The van der Waals surface area contributed by atoms with E-state index in [1.807, 2.05) is 24.3 Å². The molecule has 0 bridgehead atoms. The highest BCUT2D eigenvalue weighted by Crippen LogP contribution is 2.26. The third-order valence-corrected chi connectivity index (χ3v) is 4.54. The lowest BCUT2D eigenvalue weighted by Crippen LogP contribution is -2.15. The fraction of sp³-hybridized carbons (Fsp3) is 0.0526. The molecule has 0 radical (unpaired) electrons. The molecule has 0 saturated carbocycles. The molecule has 8 nitrogen and oxygen atoms in total. The van der Waals surface area contributed by atoms with Gasteiger partial charge in [-0.3, -0.25) is 9.89 Å². The molecule has 2 aromatic carbocycles. The quantitative estimate of drug-likeness (QED) is 0.425. The molecule has 1 atom stereocenters. The number of aromatic amines is 1. The summed E-state index contributed by atoms with van der Waals surface area (Å²) in [5, 5.41) is 11.9. The maximum absolute atomic E-state index is 12.1. The van der Waals surface area contributed by atoms with E-state index < -0.39 is 18.1 Å². The molecule has 0 unspecified atom stereocenters. The van der Waals surface area contributed by atoms with Gasteiger partial charge in [-0.1, -0.05) is 40.2 Å². The van der Waals surface area contributed by atoms with E-state index in [0.29, 0.717) is 11.4 Å². The molecule has 9 heteroatoms. The van der Waals surface area contributed by atoms with Gasteiger partial charge < -0.3 is 15.4 Å². The first kappa shape index (κ1) is 17.9. The number of rotatable bonds is 4. The summed E-state index contributed by atoms with van der Waals surface area (Å²) < 4.78 is 6.36. The Labute approximate surface area is 168 Å². The van der Waals surface area contributed by atoms with Crippen molar-refractivity contribution in [2.45, 2.75) is 6.23 Å². The fourth-order valence-corrected chi connectivity index (χ4v) is 2.89. The number of hydrogen-bond donors (Lipinski definition) is 3. The van der Waals surface area contributed by atoms with E-state index in [4.69, 9.17) is 4.74 Å². The number of carbonyl (C=O) groups excluding carboxylic acids is 2. The number of anilines is 1. The van der Waals surface area contributed by atoms with Crippen molar-refractivity contribution in [1.29, 1.82) is 0 Å². The molecule has 4 rings (SSSR count). The van der Waals surface area contributed by atoms with Gasteiger partial charge in [0.15, 0.2) is 6.23 Å². The highest BCUT2D eigenvalue weighted by atomic mass is 79.9. The molecule has 3 N–H and O–H groups in total. The van der Waals surface area contributed by atoms with E-state index in [2.05, 4.69) is 41.7 Å². The molecular weight excluding hydrogens is 426 g/mol. The maximum atomic E-state index is 12.1. The van der Waals surface area contributed by atoms with E-state index in [9.17, 15) is 9.59 Å². The lowest BCUT2D eigenvalue weighted by Gasteiger charge is -2.11. The molecule has 1 saturated heterocycles. The topological polar surface area (TPSA) is 109 Å². The minimum atomic E-state index is -0.590. The van der Waals surface area contributed by atoms with Crippen molar-refractivity contribution >= 4 is 39.6 Å². The van der Waals surface area contributed by atoms with Gasteiger partial charge in [-0.25, -0.2) is 9.78 Å². The molecule has 1 aliphatic rings. The third kappa shape index (κ3) is 3.94. The summed E-state index contributed by atoms with van der Waals surface area (Å²) in [5.41, 5.74) is 2.61. The average Bonchev–Trinajstić information content (AvgIpc) is 3.35. The van der Waals surface area contributed by atoms with Gasteiger partial charge in [-0.05, 0) is 35.9 Å². The number of carbonyl (C=O) groups is 2. The zero-order valence-corrected chi connectivity index (χ0v) is 15.9. The fourth-order valence-electron chi connectivity index (χ4n) is 2.62. The summed E-state index contributed by atoms with van der Waals surface area (Å²) in [4.78, 5) is 27.9. The van der Waals surface area contributed by atoms with Crippen molar-refractivity contribution in [3.8, 4) is 0 Å². The van der Waals surface area contributed by atoms with Gasteiger partial charge in [-0.15, -0.1) is 0 Å². The van der Waals surface area contributed by atoms with E-state index >= 15 is 0 Å². The van der Waals surface area contributed by atoms with Crippen LogP contribution in [0.25, 0.3) is 6.08 Å². The van der Waals surface area contributed by atoms with E-state index in [-0.39, 0.29) is 5.82 Å². The van der Waals surface area contributed by atoms with Crippen LogP contribution < -0.4 is 10.6 Å². The molecule has 28 heavy (non-hydrogen) atoms. The second-order valence-electron chi connectivity index (χ2n) is 5.95. The Kier molecular flexibility index (Phi) is 4.90. The van der Waals surface area contributed by atoms with Crippen molar-refractivity contribution in [2.75, 3.05) is 5.32 Å². The summed E-state index contributed by atoms with van der Waals surface area (Å²) >= 11 is 3.38. The predicted octanol–water partition coefficient (Wildman–Crippen LogP) is 3.01. The second kappa shape index (κ2) is 7.65. The lowest BCUT2D eigenvalue weighted by atomic mass is 10.1. The summed E-state index contributed by atoms with van der Waals surface area (Å²) in [6, 6.07) is 14.6. The summed E-state index contributed by atoms with van der Waals surface area (Å²) in [6.45, 7) is 0. The first-order chi connectivity index (χ1) is 13.6. The van der Waals surface area contributed by atoms with Gasteiger partial charge in [0, 0.05) is 15.7 Å². The molecule has 1 amide bonds. The van der Waals surface area contributed by atoms with Crippen LogP contribution in [0.4, 0.5) is 5.69 Å². The number of nitrogens with zero attached hydrogens (tertiary/aromatic N) is 2. The summed E-state index contributed by atoms with van der Waals surface area (Å²) in [6.07, 6.45) is 2.41. The number of esters is 1. The van der Waals surface area contributed by atoms with Crippen LogP contribution in [0.1, 0.15) is 28.0 Å². The number of halogens is 1. The van der Waals surface area contributed by atoms with Crippen LogP contribution in [-0.4, -0.2) is 27.1 Å². The number of amides is 1. The highest BCUT2D eigenvalue weighted by Gasteiger charge is 2.29. The zero-order chi connectivity index (χ0) is 19.5.